The molecule has 0 unspecified atom stereocenters. The van der Waals surface area contributed by atoms with Gasteiger partial charge in [0.15, 0.2) is 0 Å². The standard InChI is InChI=1S/C6H18S4Si2/c11-5-1-3-7-9-10-8-4-2-6-12/h1-6H2,11-12H3. The Balaban J connectivity index is 2.73. The van der Waals surface area contributed by atoms with E-state index in [1.165, 1.54) is 56.9 Å². The maximum Gasteiger partial charge on any atom is 0.00424 e. The lowest BCUT2D eigenvalue weighted by Gasteiger charge is -1.98. The molecule has 0 saturated carbocycles. The topological polar surface area (TPSA) is 0 Å². The number of hydrogen-bond acceptors (Lipinski definition) is 4. The monoisotopic (exact) mass is 274 g/mol. The van der Waals surface area contributed by atoms with Crippen LogP contribution in [0.4, 0.5) is 0 Å². The van der Waals surface area contributed by atoms with E-state index in [-0.39, 0.29) is 0 Å². The highest BCUT2D eigenvalue weighted by atomic mass is 33.7. The third-order valence-corrected chi connectivity index (χ3v) is 9.34. The smallest absolute Gasteiger partial charge is 0.00424 e. The van der Waals surface area contributed by atoms with E-state index in [9.17, 15) is 0 Å². The van der Waals surface area contributed by atoms with Crippen molar-refractivity contribution in [2.45, 2.75) is 24.9 Å². The first-order valence-electron chi connectivity index (χ1n) is 4.49. The van der Waals surface area contributed by atoms with Crippen molar-refractivity contribution in [3.63, 3.8) is 0 Å². The molecule has 0 saturated heterocycles. The van der Waals surface area contributed by atoms with Gasteiger partial charge in [0.05, 0.1) is 0 Å². The van der Waals surface area contributed by atoms with E-state index in [1.54, 1.807) is 0 Å². The zero-order valence-corrected chi connectivity index (χ0v) is 15.1. The van der Waals surface area contributed by atoms with Crippen LogP contribution in [0.25, 0.3) is 0 Å². The molecule has 6 heteroatoms. The number of hydrogen-bond donors (Lipinski definition) is 0. The second-order valence-electron chi connectivity index (χ2n) is 2.49. The van der Waals surface area contributed by atoms with Crippen LogP contribution in [0.3, 0.4) is 0 Å². The van der Waals surface area contributed by atoms with E-state index < -0.39 is 0 Å². The molecule has 0 nitrogen and oxygen atoms in total. The first-order valence-corrected chi connectivity index (χ1v) is 12.5. The molecule has 0 fully saturated rings. The third-order valence-electron chi connectivity index (χ3n) is 1.29. The molecule has 0 aliphatic heterocycles. The first-order chi connectivity index (χ1) is 5.91. The normalized spacial score (nSPS) is 11.0. The van der Waals surface area contributed by atoms with Gasteiger partial charge in [0, 0.05) is 32.0 Å². The van der Waals surface area contributed by atoms with Crippen LogP contribution in [0.2, 0.25) is 12.1 Å². The molecule has 0 N–H and O–H groups in total. The van der Waals surface area contributed by atoms with Crippen LogP contribution in [-0.2, 0) is 0 Å². The maximum atomic E-state index is 2.03. The molecule has 0 atom stereocenters. The van der Waals surface area contributed by atoms with Gasteiger partial charge in [-0.2, -0.15) is 0 Å². The van der Waals surface area contributed by atoms with Crippen LogP contribution < -0.4 is 0 Å². The fraction of sp³-hybridized carbons (Fsp3) is 1.00. The predicted octanol–water partition coefficient (Wildman–Crippen LogP) is 2.01. The van der Waals surface area contributed by atoms with E-state index >= 15 is 0 Å². The summed E-state index contributed by atoms with van der Waals surface area (Å²) < 4.78 is 0. The summed E-state index contributed by atoms with van der Waals surface area (Å²) >= 11 is 0. The lowest BCUT2D eigenvalue weighted by Crippen LogP contribution is -1.74. The van der Waals surface area contributed by atoms with Crippen LogP contribution in [0.1, 0.15) is 12.8 Å². The Bertz CT molecular complexity index is 73.9. The van der Waals surface area contributed by atoms with Crippen molar-refractivity contribution in [1.82, 2.24) is 0 Å². The van der Waals surface area contributed by atoms with Crippen LogP contribution >= 0.6 is 41.2 Å². The highest BCUT2D eigenvalue weighted by Gasteiger charge is 1.91. The zero-order chi connectivity index (χ0) is 9.07. The van der Waals surface area contributed by atoms with Gasteiger partial charge in [-0.25, -0.2) is 0 Å². The van der Waals surface area contributed by atoms with E-state index in [1.807, 2.05) is 41.2 Å². The van der Waals surface area contributed by atoms with Crippen LogP contribution in [-0.4, -0.2) is 32.0 Å². The zero-order valence-electron chi connectivity index (χ0n) is 7.88. The van der Waals surface area contributed by atoms with Gasteiger partial charge in [0.25, 0.3) is 0 Å². The second kappa shape index (κ2) is 12.8. The Kier molecular flexibility index (Phi) is 14.8. The number of rotatable bonds is 9. The van der Waals surface area contributed by atoms with Gasteiger partial charge >= 0.3 is 0 Å². The van der Waals surface area contributed by atoms with Crippen LogP contribution in [0.15, 0.2) is 0 Å². The highest BCUT2D eigenvalue weighted by molar-refractivity contribution is 9.26. The minimum atomic E-state index is 1.35. The van der Waals surface area contributed by atoms with Crippen LogP contribution in [0, 0.1) is 0 Å². The summed E-state index contributed by atoms with van der Waals surface area (Å²) in [6, 6.07) is 2.93. The second-order valence-corrected chi connectivity index (χ2v) is 10.7. The highest BCUT2D eigenvalue weighted by Crippen LogP contribution is 2.43. The molecule has 74 valence electrons. The molecule has 0 aliphatic rings. The molecule has 12 heavy (non-hydrogen) atoms. The summed E-state index contributed by atoms with van der Waals surface area (Å²) in [6.07, 6.45) is 2.85. The summed E-state index contributed by atoms with van der Waals surface area (Å²) in [5.41, 5.74) is 0. The third kappa shape index (κ3) is 11.8. The van der Waals surface area contributed by atoms with Crippen molar-refractivity contribution in [2.75, 3.05) is 11.5 Å². The van der Waals surface area contributed by atoms with Crippen molar-refractivity contribution >= 4 is 61.7 Å². The Morgan fingerprint density at radius 2 is 1.17 bits per heavy atom. The molecule has 0 spiro atoms. The molecule has 0 aromatic rings. The van der Waals surface area contributed by atoms with Gasteiger partial charge in [-0.1, -0.05) is 33.7 Å². The Morgan fingerprint density at radius 1 is 0.750 bits per heavy atom. The molecular formula is C6H18S4Si2. The minimum absolute atomic E-state index is 1.35. The maximum absolute atomic E-state index is 2.03. The van der Waals surface area contributed by atoms with E-state index in [4.69, 9.17) is 0 Å². The summed E-state index contributed by atoms with van der Waals surface area (Å²) in [5.74, 6) is 2.70. The molecule has 0 radical (unpaired) electrons. The van der Waals surface area contributed by atoms with E-state index in [0.717, 1.165) is 0 Å². The molecule has 0 aromatic carbocycles. The van der Waals surface area contributed by atoms with Gasteiger partial charge in [-0.05, 0) is 32.5 Å². The summed E-state index contributed by atoms with van der Waals surface area (Å²) in [6.45, 7) is 0. The molecule has 0 heterocycles. The summed E-state index contributed by atoms with van der Waals surface area (Å²) in [5, 5.41) is 0. The van der Waals surface area contributed by atoms with Crippen molar-refractivity contribution in [2.24, 2.45) is 0 Å². The average Bonchev–Trinajstić information content (AvgIpc) is 2.10. The Labute approximate surface area is 97.6 Å². The lowest BCUT2D eigenvalue weighted by molar-refractivity contribution is 1.10. The Hall–Kier alpha value is 1.83. The lowest BCUT2D eigenvalue weighted by atomic mass is 10.6. The predicted molar refractivity (Wildman–Crippen MR) is 78.8 cm³/mol. The Morgan fingerprint density at radius 3 is 1.50 bits per heavy atom. The van der Waals surface area contributed by atoms with Crippen molar-refractivity contribution in [1.29, 1.82) is 0 Å². The SMILES string of the molecule is [SiH3]CCCSSSSCCC[SiH3]. The van der Waals surface area contributed by atoms with Gasteiger partial charge in [0.2, 0.25) is 0 Å². The largest absolute Gasteiger partial charge is 0.0817 e. The first kappa shape index (κ1) is 13.8. The summed E-state index contributed by atoms with van der Waals surface area (Å²) in [7, 11) is 10.7. The molecule has 0 bridgehead atoms. The van der Waals surface area contributed by atoms with Gasteiger partial charge in [-0.3, -0.25) is 0 Å². The summed E-state index contributed by atoms with van der Waals surface area (Å²) in [4.78, 5) is 0. The fourth-order valence-electron chi connectivity index (χ4n) is 0.514. The average molecular weight is 275 g/mol. The molecule has 0 amide bonds. The van der Waals surface area contributed by atoms with Crippen LogP contribution in [0.5, 0.6) is 0 Å². The molecule has 0 aromatic heterocycles. The minimum Gasteiger partial charge on any atom is -0.0817 e. The van der Waals surface area contributed by atoms with Gasteiger partial charge in [-0.15, -0.1) is 0 Å². The van der Waals surface area contributed by atoms with Crippen molar-refractivity contribution in [3.05, 3.63) is 0 Å². The molecule has 0 aliphatic carbocycles. The fourth-order valence-corrected chi connectivity index (χ4v) is 8.68. The quantitative estimate of drug-likeness (QED) is 0.358. The molecule has 0 rings (SSSR count). The van der Waals surface area contributed by atoms with Gasteiger partial charge in [0.1, 0.15) is 0 Å². The van der Waals surface area contributed by atoms with Gasteiger partial charge < -0.3 is 0 Å². The van der Waals surface area contributed by atoms with Crippen molar-refractivity contribution < 1.29 is 0 Å². The van der Waals surface area contributed by atoms with E-state index in [2.05, 4.69) is 0 Å². The van der Waals surface area contributed by atoms with E-state index in [0.29, 0.717) is 0 Å². The molecular weight excluding hydrogens is 257 g/mol. The van der Waals surface area contributed by atoms with Crippen molar-refractivity contribution in [3.8, 4) is 0 Å².